The number of nitrogens with zero attached hydrogens (tertiary/aromatic N) is 3. The van der Waals surface area contributed by atoms with Crippen LogP contribution in [0.2, 0.25) is 0 Å². The molecule has 3 rings (SSSR count). The van der Waals surface area contributed by atoms with Gasteiger partial charge in [-0.1, -0.05) is 0 Å². The smallest absolute Gasteiger partial charge is 0.254 e. The standard InChI is InChI=1S/C17H21N3O/c1-18(2)15-6-4-13(5-7-15)17(21)20-11-9-16-14(12-20)8-10-19(16)3/h4-8,10H,9,11-12H2,1-3H3. The summed E-state index contributed by atoms with van der Waals surface area (Å²) < 4.78 is 2.16. The number of anilines is 1. The maximum atomic E-state index is 12.6. The molecule has 0 fully saturated rings. The number of aromatic nitrogens is 1. The van der Waals surface area contributed by atoms with Crippen LogP contribution in [0.3, 0.4) is 0 Å². The molecule has 0 atom stereocenters. The van der Waals surface area contributed by atoms with Gasteiger partial charge in [0.2, 0.25) is 0 Å². The van der Waals surface area contributed by atoms with E-state index in [1.54, 1.807) is 0 Å². The van der Waals surface area contributed by atoms with Crippen molar-refractivity contribution in [3.8, 4) is 0 Å². The van der Waals surface area contributed by atoms with Gasteiger partial charge in [0.05, 0.1) is 0 Å². The van der Waals surface area contributed by atoms with Crippen molar-refractivity contribution in [3.63, 3.8) is 0 Å². The second-order valence-electron chi connectivity index (χ2n) is 5.82. The van der Waals surface area contributed by atoms with Crippen molar-refractivity contribution >= 4 is 11.6 Å². The highest BCUT2D eigenvalue weighted by atomic mass is 16.2. The lowest BCUT2D eigenvalue weighted by molar-refractivity contribution is 0.0733. The molecule has 0 unspecified atom stereocenters. The van der Waals surface area contributed by atoms with Crippen LogP contribution in [0, 0.1) is 0 Å². The van der Waals surface area contributed by atoms with E-state index in [4.69, 9.17) is 0 Å². The van der Waals surface area contributed by atoms with Crippen LogP contribution in [0.4, 0.5) is 5.69 Å². The third-order valence-electron chi connectivity index (χ3n) is 4.19. The Bertz CT molecular complexity index is 655. The van der Waals surface area contributed by atoms with E-state index in [-0.39, 0.29) is 5.91 Å². The Morgan fingerprint density at radius 1 is 1.14 bits per heavy atom. The molecule has 0 spiro atoms. The fourth-order valence-electron chi connectivity index (χ4n) is 2.88. The molecule has 0 N–H and O–H groups in total. The normalized spacial score (nSPS) is 14.0. The van der Waals surface area contributed by atoms with Crippen molar-refractivity contribution in [1.82, 2.24) is 9.47 Å². The van der Waals surface area contributed by atoms with E-state index in [0.29, 0.717) is 6.54 Å². The van der Waals surface area contributed by atoms with Crippen molar-refractivity contribution in [2.45, 2.75) is 13.0 Å². The average Bonchev–Trinajstić information content (AvgIpc) is 2.87. The lowest BCUT2D eigenvalue weighted by Gasteiger charge is -2.28. The molecule has 0 saturated carbocycles. The highest BCUT2D eigenvalue weighted by molar-refractivity contribution is 5.94. The maximum Gasteiger partial charge on any atom is 0.254 e. The second kappa shape index (κ2) is 5.28. The lowest BCUT2D eigenvalue weighted by Crippen LogP contribution is -2.36. The van der Waals surface area contributed by atoms with Crippen LogP contribution in [-0.2, 0) is 20.0 Å². The summed E-state index contributed by atoms with van der Waals surface area (Å²) in [7, 11) is 6.06. The van der Waals surface area contributed by atoms with Gasteiger partial charge in [-0.3, -0.25) is 4.79 Å². The number of benzene rings is 1. The first-order valence-corrected chi connectivity index (χ1v) is 7.26. The number of amides is 1. The number of aryl methyl sites for hydroxylation is 1. The molecule has 0 radical (unpaired) electrons. The van der Waals surface area contributed by atoms with Crippen molar-refractivity contribution < 1.29 is 4.79 Å². The summed E-state index contributed by atoms with van der Waals surface area (Å²) in [4.78, 5) is 16.6. The molecule has 110 valence electrons. The van der Waals surface area contributed by atoms with E-state index in [1.807, 2.05) is 48.2 Å². The summed E-state index contributed by atoms with van der Waals surface area (Å²) in [5, 5.41) is 0. The molecule has 1 aliphatic rings. The van der Waals surface area contributed by atoms with E-state index in [0.717, 1.165) is 24.2 Å². The maximum absolute atomic E-state index is 12.6. The highest BCUT2D eigenvalue weighted by Gasteiger charge is 2.23. The molecule has 1 aromatic carbocycles. The molecule has 4 nitrogen and oxygen atoms in total. The minimum Gasteiger partial charge on any atom is -0.378 e. The topological polar surface area (TPSA) is 28.5 Å². The third-order valence-corrected chi connectivity index (χ3v) is 4.19. The molecule has 0 aliphatic carbocycles. The number of rotatable bonds is 2. The molecule has 1 aromatic heterocycles. The Morgan fingerprint density at radius 3 is 2.52 bits per heavy atom. The molecule has 1 aliphatic heterocycles. The van der Waals surface area contributed by atoms with E-state index in [9.17, 15) is 4.79 Å². The van der Waals surface area contributed by atoms with Crippen molar-refractivity contribution in [2.24, 2.45) is 7.05 Å². The summed E-state index contributed by atoms with van der Waals surface area (Å²) in [5.74, 6) is 0.120. The molecule has 1 amide bonds. The van der Waals surface area contributed by atoms with Crippen LogP contribution >= 0.6 is 0 Å². The van der Waals surface area contributed by atoms with Gasteiger partial charge in [0.15, 0.2) is 0 Å². The van der Waals surface area contributed by atoms with Gasteiger partial charge in [-0.2, -0.15) is 0 Å². The van der Waals surface area contributed by atoms with Gasteiger partial charge >= 0.3 is 0 Å². The Hall–Kier alpha value is -2.23. The van der Waals surface area contributed by atoms with Crippen molar-refractivity contribution in [2.75, 3.05) is 25.5 Å². The minimum atomic E-state index is 0.120. The van der Waals surface area contributed by atoms with Crippen LogP contribution in [0.5, 0.6) is 0 Å². The van der Waals surface area contributed by atoms with Crippen molar-refractivity contribution in [1.29, 1.82) is 0 Å². The minimum absolute atomic E-state index is 0.120. The molecule has 0 bridgehead atoms. The molecule has 4 heteroatoms. The first-order chi connectivity index (χ1) is 10.1. The van der Waals surface area contributed by atoms with Gasteiger partial charge in [-0.05, 0) is 35.9 Å². The number of hydrogen-bond acceptors (Lipinski definition) is 2. The fourth-order valence-corrected chi connectivity index (χ4v) is 2.88. The number of fused-ring (bicyclic) bond motifs is 1. The largest absolute Gasteiger partial charge is 0.378 e. The fraction of sp³-hybridized carbons (Fsp3) is 0.353. The summed E-state index contributed by atoms with van der Waals surface area (Å²) in [6.07, 6.45) is 3.00. The first kappa shape index (κ1) is 13.7. The lowest BCUT2D eigenvalue weighted by atomic mass is 10.1. The van der Waals surface area contributed by atoms with E-state index < -0.39 is 0 Å². The molecule has 21 heavy (non-hydrogen) atoms. The SMILES string of the molecule is CN(C)c1ccc(C(=O)N2CCc3c(ccn3C)C2)cc1. The Labute approximate surface area is 125 Å². The van der Waals surface area contributed by atoms with Crippen LogP contribution in [-0.4, -0.2) is 36.0 Å². The third kappa shape index (κ3) is 2.53. The molecular weight excluding hydrogens is 262 g/mol. The van der Waals surface area contributed by atoms with Crippen LogP contribution < -0.4 is 4.90 Å². The van der Waals surface area contributed by atoms with Gasteiger partial charge < -0.3 is 14.4 Å². The predicted molar refractivity (Wildman–Crippen MR) is 84.6 cm³/mol. The van der Waals surface area contributed by atoms with Gasteiger partial charge in [-0.25, -0.2) is 0 Å². The molecule has 2 aromatic rings. The zero-order chi connectivity index (χ0) is 15.0. The van der Waals surface area contributed by atoms with Gasteiger partial charge in [0.25, 0.3) is 5.91 Å². The Morgan fingerprint density at radius 2 is 1.86 bits per heavy atom. The first-order valence-electron chi connectivity index (χ1n) is 7.26. The highest BCUT2D eigenvalue weighted by Crippen LogP contribution is 2.21. The van der Waals surface area contributed by atoms with E-state index in [1.165, 1.54) is 11.3 Å². The second-order valence-corrected chi connectivity index (χ2v) is 5.82. The van der Waals surface area contributed by atoms with Gasteiger partial charge in [-0.15, -0.1) is 0 Å². The van der Waals surface area contributed by atoms with E-state index >= 15 is 0 Å². The van der Waals surface area contributed by atoms with Gasteiger partial charge in [0.1, 0.15) is 0 Å². The van der Waals surface area contributed by atoms with Gasteiger partial charge in [0, 0.05) is 63.8 Å². The summed E-state index contributed by atoms with van der Waals surface area (Å²) in [6.45, 7) is 1.50. The zero-order valence-electron chi connectivity index (χ0n) is 12.8. The molecule has 2 heterocycles. The summed E-state index contributed by atoms with van der Waals surface area (Å²) in [6, 6.07) is 9.93. The Balaban J connectivity index is 1.77. The summed E-state index contributed by atoms with van der Waals surface area (Å²) in [5.41, 5.74) is 4.49. The quantitative estimate of drug-likeness (QED) is 0.846. The summed E-state index contributed by atoms with van der Waals surface area (Å²) >= 11 is 0. The number of carbonyl (C=O) groups excluding carboxylic acids is 1. The molecule has 0 saturated heterocycles. The van der Waals surface area contributed by atoms with Crippen molar-refractivity contribution in [3.05, 3.63) is 53.3 Å². The number of carbonyl (C=O) groups is 1. The van der Waals surface area contributed by atoms with E-state index in [2.05, 4.69) is 23.9 Å². The molecular formula is C17H21N3O. The van der Waals surface area contributed by atoms with Crippen LogP contribution in [0.15, 0.2) is 36.5 Å². The Kier molecular flexibility index (Phi) is 3.45. The predicted octanol–water partition coefficient (Wildman–Crippen LogP) is 2.29. The zero-order valence-corrected chi connectivity index (χ0v) is 12.8. The van der Waals surface area contributed by atoms with Crippen LogP contribution in [0.1, 0.15) is 21.6 Å². The number of hydrogen-bond donors (Lipinski definition) is 0. The van der Waals surface area contributed by atoms with Crippen LogP contribution in [0.25, 0.3) is 0 Å². The monoisotopic (exact) mass is 283 g/mol. The average molecular weight is 283 g/mol.